The van der Waals surface area contributed by atoms with Crippen molar-refractivity contribution < 1.29 is 4.79 Å². The van der Waals surface area contributed by atoms with Gasteiger partial charge in [0.25, 0.3) is 10.9 Å². The van der Waals surface area contributed by atoms with E-state index in [2.05, 4.69) is 10.2 Å². The van der Waals surface area contributed by atoms with Crippen LogP contribution in [0.2, 0.25) is 0 Å². The summed E-state index contributed by atoms with van der Waals surface area (Å²) in [6.45, 7) is 5.59. The SMILES string of the molecule is O=CN1CCN(c2c(NCC3CCCN4CCCCC34)c(=O)c2=O)CC1. The van der Waals surface area contributed by atoms with Gasteiger partial charge in [0.05, 0.1) is 0 Å². The molecule has 7 heteroatoms. The number of piperidine rings is 2. The van der Waals surface area contributed by atoms with E-state index in [1.165, 1.54) is 45.2 Å². The molecule has 1 N–H and O–H groups in total. The molecule has 4 rings (SSSR count). The fraction of sp³-hybridized carbons (Fsp3) is 0.737. The van der Waals surface area contributed by atoms with Crippen LogP contribution in [0, 0.1) is 5.92 Å². The summed E-state index contributed by atoms with van der Waals surface area (Å²) in [5.41, 5.74) is 0.281. The normalized spacial score (nSPS) is 27.4. The van der Waals surface area contributed by atoms with Crippen LogP contribution in [0.3, 0.4) is 0 Å². The molecule has 3 heterocycles. The third kappa shape index (κ3) is 3.13. The lowest BCUT2D eigenvalue weighted by Crippen LogP contribution is -2.52. The maximum atomic E-state index is 12.1. The van der Waals surface area contributed by atoms with E-state index in [1.807, 2.05) is 4.90 Å². The highest BCUT2D eigenvalue weighted by molar-refractivity contribution is 5.75. The van der Waals surface area contributed by atoms with Crippen LogP contribution in [0.25, 0.3) is 0 Å². The topological polar surface area (TPSA) is 73.0 Å². The van der Waals surface area contributed by atoms with Crippen LogP contribution in [0.1, 0.15) is 32.1 Å². The van der Waals surface area contributed by atoms with Gasteiger partial charge in [-0.15, -0.1) is 0 Å². The monoisotopic (exact) mass is 360 g/mol. The van der Waals surface area contributed by atoms with Crippen LogP contribution in [0.5, 0.6) is 0 Å². The number of rotatable bonds is 5. The van der Waals surface area contributed by atoms with Crippen molar-refractivity contribution in [2.24, 2.45) is 5.92 Å². The minimum Gasteiger partial charge on any atom is -0.380 e. The second-order valence-corrected chi connectivity index (χ2v) is 7.89. The van der Waals surface area contributed by atoms with E-state index in [4.69, 9.17) is 0 Å². The number of carbonyl (C=O) groups is 1. The Kier molecular flexibility index (Phi) is 4.98. The molecule has 0 saturated carbocycles. The minimum atomic E-state index is -0.380. The molecule has 1 aromatic carbocycles. The highest BCUT2D eigenvalue weighted by atomic mass is 16.2. The van der Waals surface area contributed by atoms with E-state index < -0.39 is 0 Å². The van der Waals surface area contributed by atoms with Crippen LogP contribution in [0.15, 0.2) is 9.59 Å². The highest BCUT2D eigenvalue weighted by Crippen LogP contribution is 2.31. The van der Waals surface area contributed by atoms with Gasteiger partial charge in [0.1, 0.15) is 11.4 Å². The van der Waals surface area contributed by atoms with Crippen molar-refractivity contribution in [3.63, 3.8) is 0 Å². The number of hydrogen-bond acceptors (Lipinski definition) is 6. The molecule has 7 nitrogen and oxygen atoms in total. The predicted octanol–water partition coefficient (Wildman–Crippen LogP) is 0.237. The molecule has 0 aromatic heterocycles. The fourth-order valence-electron chi connectivity index (χ4n) is 4.94. The van der Waals surface area contributed by atoms with Gasteiger partial charge in [-0.3, -0.25) is 14.4 Å². The predicted molar refractivity (Wildman–Crippen MR) is 102 cm³/mol. The summed E-state index contributed by atoms with van der Waals surface area (Å²) in [6, 6.07) is 0.621. The lowest BCUT2D eigenvalue weighted by atomic mass is 9.83. The smallest absolute Gasteiger partial charge is 0.253 e. The molecule has 1 aromatic rings. The molecule has 3 fully saturated rings. The summed E-state index contributed by atoms with van der Waals surface area (Å²) < 4.78 is 0. The number of fused-ring (bicyclic) bond motifs is 1. The Morgan fingerprint density at radius 1 is 0.923 bits per heavy atom. The number of hydrogen-bond donors (Lipinski definition) is 1. The van der Waals surface area contributed by atoms with Crippen molar-refractivity contribution in [3.8, 4) is 0 Å². The number of nitrogens with zero attached hydrogens (tertiary/aromatic N) is 3. The van der Waals surface area contributed by atoms with Gasteiger partial charge in [-0.25, -0.2) is 0 Å². The second kappa shape index (κ2) is 7.39. The lowest BCUT2D eigenvalue weighted by molar-refractivity contribution is -0.118. The molecular formula is C19H28N4O3. The molecule has 2 unspecified atom stereocenters. The van der Waals surface area contributed by atoms with Crippen molar-refractivity contribution in [3.05, 3.63) is 20.4 Å². The molecule has 3 saturated heterocycles. The maximum absolute atomic E-state index is 12.1. The first-order valence-corrected chi connectivity index (χ1v) is 9.94. The van der Waals surface area contributed by atoms with Crippen LogP contribution >= 0.6 is 0 Å². The Labute approximate surface area is 153 Å². The van der Waals surface area contributed by atoms with E-state index >= 15 is 0 Å². The maximum Gasteiger partial charge on any atom is 0.253 e. The minimum absolute atomic E-state index is 0.380. The zero-order valence-electron chi connectivity index (χ0n) is 15.3. The number of carbonyl (C=O) groups excluding carboxylic acids is 1. The Morgan fingerprint density at radius 3 is 2.46 bits per heavy atom. The molecule has 142 valence electrons. The van der Waals surface area contributed by atoms with Crippen LogP contribution in [-0.2, 0) is 4.79 Å². The zero-order chi connectivity index (χ0) is 18.1. The van der Waals surface area contributed by atoms with Crippen molar-refractivity contribution in [2.75, 3.05) is 56.0 Å². The van der Waals surface area contributed by atoms with Crippen LogP contribution in [-0.4, -0.2) is 68.1 Å². The van der Waals surface area contributed by atoms with Crippen LogP contribution in [0.4, 0.5) is 11.4 Å². The average molecular weight is 360 g/mol. The quantitative estimate of drug-likeness (QED) is 0.599. The van der Waals surface area contributed by atoms with Gasteiger partial charge in [0.15, 0.2) is 0 Å². The molecule has 0 radical (unpaired) electrons. The van der Waals surface area contributed by atoms with E-state index in [9.17, 15) is 14.4 Å². The van der Waals surface area contributed by atoms with Crippen molar-refractivity contribution in [1.29, 1.82) is 0 Å². The zero-order valence-corrected chi connectivity index (χ0v) is 15.3. The standard InChI is InChI=1S/C19H28N4O3/c24-13-21-8-10-23(11-9-21)17-16(18(25)19(17)26)20-12-14-4-3-7-22-6-2-1-5-15(14)22/h13-15,20H,1-12H2. The van der Waals surface area contributed by atoms with Crippen molar-refractivity contribution in [1.82, 2.24) is 9.80 Å². The molecule has 2 atom stereocenters. The molecule has 1 amide bonds. The molecule has 26 heavy (non-hydrogen) atoms. The first-order chi connectivity index (χ1) is 12.7. The van der Waals surface area contributed by atoms with Gasteiger partial charge in [-0.1, -0.05) is 6.42 Å². The summed E-state index contributed by atoms with van der Waals surface area (Å²) in [4.78, 5) is 41.4. The third-order valence-electron chi connectivity index (χ3n) is 6.43. The number of amides is 1. The first kappa shape index (κ1) is 17.5. The number of piperazine rings is 1. The molecule has 0 spiro atoms. The summed E-state index contributed by atoms with van der Waals surface area (Å²) >= 11 is 0. The fourth-order valence-corrected chi connectivity index (χ4v) is 4.94. The van der Waals surface area contributed by atoms with Crippen molar-refractivity contribution in [2.45, 2.75) is 38.1 Å². The van der Waals surface area contributed by atoms with E-state index in [-0.39, 0.29) is 10.9 Å². The molecular weight excluding hydrogens is 332 g/mol. The highest BCUT2D eigenvalue weighted by Gasteiger charge is 2.34. The van der Waals surface area contributed by atoms with E-state index in [0.29, 0.717) is 49.5 Å². The summed E-state index contributed by atoms with van der Waals surface area (Å²) in [5.74, 6) is 0.549. The molecule has 3 aliphatic heterocycles. The number of anilines is 2. The average Bonchev–Trinajstić information content (AvgIpc) is 2.70. The Bertz CT molecular complexity index is 717. The first-order valence-electron chi connectivity index (χ1n) is 9.94. The summed E-state index contributed by atoms with van der Waals surface area (Å²) in [6.07, 6.45) is 7.10. The van der Waals surface area contributed by atoms with Gasteiger partial charge in [-0.2, -0.15) is 0 Å². The van der Waals surface area contributed by atoms with Crippen molar-refractivity contribution >= 4 is 17.8 Å². The lowest BCUT2D eigenvalue weighted by Gasteiger charge is -2.44. The number of nitrogens with one attached hydrogen (secondary N) is 1. The largest absolute Gasteiger partial charge is 0.380 e. The van der Waals surface area contributed by atoms with Gasteiger partial charge < -0.3 is 20.0 Å². The van der Waals surface area contributed by atoms with E-state index in [0.717, 1.165) is 13.0 Å². The third-order valence-corrected chi connectivity index (χ3v) is 6.43. The van der Waals surface area contributed by atoms with Gasteiger partial charge in [0, 0.05) is 38.8 Å². The molecule has 0 bridgehead atoms. The summed E-state index contributed by atoms with van der Waals surface area (Å²) in [7, 11) is 0. The van der Waals surface area contributed by atoms with Crippen LogP contribution < -0.4 is 21.1 Å². The Morgan fingerprint density at radius 2 is 1.69 bits per heavy atom. The Balaban J connectivity index is 1.41. The summed E-state index contributed by atoms with van der Waals surface area (Å²) in [5, 5.41) is 3.33. The van der Waals surface area contributed by atoms with Gasteiger partial charge >= 0.3 is 0 Å². The van der Waals surface area contributed by atoms with Gasteiger partial charge in [0.2, 0.25) is 6.41 Å². The Hall–Kier alpha value is -1.89. The molecule has 3 aliphatic rings. The molecule has 0 aliphatic carbocycles. The van der Waals surface area contributed by atoms with Gasteiger partial charge in [-0.05, 0) is 44.7 Å². The van der Waals surface area contributed by atoms with E-state index in [1.54, 1.807) is 4.90 Å². The second-order valence-electron chi connectivity index (χ2n) is 7.89.